The first-order valence-corrected chi connectivity index (χ1v) is 7.88. The van der Waals surface area contributed by atoms with Gasteiger partial charge in [-0.2, -0.15) is 0 Å². The molecule has 2 aromatic rings. The molecule has 0 spiro atoms. The second-order valence-electron chi connectivity index (χ2n) is 5.51. The molecule has 126 valence electrons. The average Bonchev–Trinajstić information content (AvgIpc) is 2.63. The lowest BCUT2D eigenvalue weighted by molar-refractivity contribution is 0.102. The molecule has 0 saturated carbocycles. The normalized spacial score (nSPS) is 17.2. The Balaban J connectivity index is 1.60. The van der Waals surface area contributed by atoms with E-state index in [9.17, 15) is 4.79 Å². The Bertz CT molecular complexity index is 681. The third-order valence-corrected chi connectivity index (χ3v) is 3.86. The molecule has 7 nitrogen and oxygen atoms in total. The Morgan fingerprint density at radius 2 is 2.21 bits per heavy atom. The van der Waals surface area contributed by atoms with Crippen LogP contribution in [0.5, 0.6) is 11.6 Å². The van der Waals surface area contributed by atoms with Crippen molar-refractivity contribution >= 4 is 11.7 Å². The van der Waals surface area contributed by atoms with Crippen molar-refractivity contribution in [1.82, 2.24) is 14.9 Å². The van der Waals surface area contributed by atoms with Gasteiger partial charge in [-0.05, 0) is 25.0 Å². The molecule has 1 aliphatic heterocycles. The molecule has 1 saturated heterocycles. The minimum Gasteiger partial charge on any atom is -0.495 e. The lowest BCUT2D eigenvalue weighted by atomic mass is 10.1. The monoisotopic (exact) mass is 328 g/mol. The van der Waals surface area contributed by atoms with E-state index in [1.165, 1.54) is 6.33 Å². The van der Waals surface area contributed by atoms with Gasteiger partial charge in [0.25, 0.3) is 0 Å². The highest BCUT2D eigenvalue weighted by Gasteiger charge is 2.25. The highest BCUT2D eigenvalue weighted by atomic mass is 16.5. The number of ether oxygens (including phenoxy) is 2. The molecular weight excluding hydrogens is 308 g/mol. The van der Waals surface area contributed by atoms with Crippen molar-refractivity contribution in [3.05, 3.63) is 42.9 Å². The summed E-state index contributed by atoms with van der Waals surface area (Å²) in [4.78, 5) is 22.2. The summed E-state index contributed by atoms with van der Waals surface area (Å²) in [6.45, 7) is 1.22. The molecule has 1 aromatic heterocycles. The number of nitrogens with one attached hydrogen (secondary N) is 1. The van der Waals surface area contributed by atoms with Crippen LogP contribution in [0.3, 0.4) is 0 Å². The van der Waals surface area contributed by atoms with Gasteiger partial charge < -0.3 is 19.7 Å². The van der Waals surface area contributed by atoms with E-state index in [4.69, 9.17) is 9.47 Å². The molecule has 2 amide bonds. The lowest BCUT2D eigenvalue weighted by Crippen LogP contribution is -2.46. The number of hydrogen-bond donors (Lipinski definition) is 1. The summed E-state index contributed by atoms with van der Waals surface area (Å²) in [5.41, 5.74) is 0.656. The Morgan fingerprint density at radius 1 is 1.33 bits per heavy atom. The fourth-order valence-corrected chi connectivity index (χ4v) is 2.68. The first-order valence-electron chi connectivity index (χ1n) is 7.88. The molecule has 1 fully saturated rings. The maximum atomic E-state index is 12.5. The summed E-state index contributed by atoms with van der Waals surface area (Å²) in [6.07, 6.45) is 4.79. The molecular formula is C17H20N4O3. The zero-order valence-corrected chi connectivity index (χ0v) is 13.5. The van der Waals surface area contributed by atoms with Gasteiger partial charge in [0.05, 0.1) is 19.3 Å². The molecule has 0 radical (unpaired) electrons. The zero-order valence-electron chi connectivity index (χ0n) is 13.5. The predicted octanol–water partition coefficient (Wildman–Crippen LogP) is 2.56. The Labute approximate surface area is 140 Å². The zero-order chi connectivity index (χ0) is 16.8. The maximum Gasteiger partial charge on any atom is 0.322 e. The van der Waals surface area contributed by atoms with E-state index < -0.39 is 0 Å². The van der Waals surface area contributed by atoms with Gasteiger partial charge in [-0.1, -0.05) is 12.1 Å². The number of urea groups is 1. The van der Waals surface area contributed by atoms with Crippen molar-refractivity contribution in [1.29, 1.82) is 0 Å². The fraction of sp³-hybridized carbons (Fsp3) is 0.353. The third kappa shape index (κ3) is 3.92. The molecule has 1 unspecified atom stereocenters. The van der Waals surface area contributed by atoms with Crippen molar-refractivity contribution in [2.75, 3.05) is 25.5 Å². The number of anilines is 1. The number of rotatable bonds is 4. The summed E-state index contributed by atoms with van der Waals surface area (Å²) in [5, 5.41) is 2.90. The number of aromatic nitrogens is 2. The number of piperidine rings is 1. The average molecular weight is 328 g/mol. The Kier molecular flexibility index (Phi) is 5.10. The molecule has 1 N–H and O–H groups in total. The van der Waals surface area contributed by atoms with Crippen LogP contribution in [0.15, 0.2) is 42.9 Å². The summed E-state index contributed by atoms with van der Waals surface area (Å²) in [7, 11) is 1.58. The SMILES string of the molecule is COc1ccccc1NC(=O)N1CCCC(Oc2ccncn2)C1. The number of para-hydroxylation sites is 2. The number of likely N-dealkylation sites (tertiary alicyclic amines) is 1. The van der Waals surface area contributed by atoms with E-state index in [-0.39, 0.29) is 12.1 Å². The molecule has 1 aliphatic rings. The fourth-order valence-electron chi connectivity index (χ4n) is 2.68. The second kappa shape index (κ2) is 7.63. The molecule has 3 rings (SSSR count). The summed E-state index contributed by atoms with van der Waals surface area (Å²) < 4.78 is 11.1. The van der Waals surface area contributed by atoms with E-state index in [0.29, 0.717) is 30.4 Å². The van der Waals surface area contributed by atoms with E-state index in [2.05, 4.69) is 15.3 Å². The van der Waals surface area contributed by atoms with Gasteiger partial charge >= 0.3 is 6.03 Å². The predicted molar refractivity (Wildman–Crippen MR) is 89.3 cm³/mol. The minimum absolute atomic E-state index is 0.0722. The summed E-state index contributed by atoms with van der Waals surface area (Å²) in [6, 6.07) is 8.91. The van der Waals surface area contributed by atoms with E-state index in [1.807, 2.05) is 24.3 Å². The van der Waals surface area contributed by atoms with Crippen LogP contribution >= 0.6 is 0 Å². The third-order valence-electron chi connectivity index (χ3n) is 3.86. The maximum absolute atomic E-state index is 12.5. The molecule has 7 heteroatoms. The first kappa shape index (κ1) is 16.0. The van der Waals surface area contributed by atoms with Crippen LogP contribution in [-0.4, -0.2) is 47.2 Å². The van der Waals surface area contributed by atoms with E-state index >= 15 is 0 Å². The number of carbonyl (C=O) groups is 1. The number of amides is 2. The van der Waals surface area contributed by atoms with Crippen LogP contribution in [0.25, 0.3) is 0 Å². The van der Waals surface area contributed by atoms with Crippen molar-refractivity contribution in [3.8, 4) is 11.6 Å². The van der Waals surface area contributed by atoms with Crippen molar-refractivity contribution < 1.29 is 14.3 Å². The number of nitrogens with zero attached hydrogens (tertiary/aromatic N) is 3. The molecule has 0 aliphatic carbocycles. The van der Waals surface area contributed by atoms with Gasteiger partial charge in [0.15, 0.2) is 0 Å². The molecule has 1 atom stereocenters. The summed E-state index contributed by atoms with van der Waals surface area (Å²) in [5.74, 6) is 1.17. The van der Waals surface area contributed by atoms with Crippen LogP contribution < -0.4 is 14.8 Å². The van der Waals surface area contributed by atoms with Gasteiger partial charge in [-0.3, -0.25) is 0 Å². The van der Waals surface area contributed by atoms with Crippen LogP contribution in [-0.2, 0) is 0 Å². The highest BCUT2D eigenvalue weighted by Crippen LogP contribution is 2.24. The van der Waals surface area contributed by atoms with Gasteiger partial charge in [0.2, 0.25) is 5.88 Å². The van der Waals surface area contributed by atoms with Gasteiger partial charge in [-0.25, -0.2) is 14.8 Å². The second-order valence-corrected chi connectivity index (χ2v) is 5.51. The highest BCUT2D eigenvalue weighted by molar-refractivity contribution is 5.91. The van der Waals surface area contributed by atoms with E-state index in [1.54, 1.807) is 24.3 Å². The number of carbonyl (C=O) groups excluding carboxylic acids is 1. The standard InChI is InChI=1S/C17H20N4O3/c1-23-15-7-3-2-6-14(15)20-17(22)21-10-4-5-13(11-21)24-16-8-9-18-12-19-16/h2-3,6-9,12-13H,4-5,10-11H2,1H3,(H,20,22). The van der Waals surface area contributed by atoms with Crippen LogP contribution in [0.2, 0.25) is 0 Å². The molecule has 24 heavy (non-hydrogen) atoms. The van der Waals surface area contributed by atoms with Crippen molar-refractivity contribution in [2.45, 2.75) is 18.9 Å². The van der Waals surface area contributed by atoms with Crippen molar-refractivity contribution in [2.24, 2.45) is 0 Å². The first-order chi connectivity index (χ1) is 11.8. The molecule has 1 aromatic carbocycles. The smallest absolute Gasteiger partial charge is 0.322 e. The Morgan fingerprint density at radius 3 is 3.00 bits per heavy atom. The topological polar surface area (TPSA) is 76.6 Å². The van der Waals surface area contributed by atoms with E-state index in [0.717, 1.165) is 12.8 Å². The quantitative estimate of drug-likeness (QED) is 0.933. The van der Waals surface area contributed by atoms with Crippen LogP contribution in [0.1, 0.15) is 12.8 Å². The number of benzene rings is 1. The number of methoxy groups -OCH3 is 1. The Hall–Kier alpha value is -2.83. The van der Waals surface area contributed by atoms with Gasteiger partial charge in [-0.15, -0.1) is 0 Å². The number of hydrogen-bond acceptors (Lipinski definition) is 5. The minimum atomic E-state index is -0.157. The molecule has 0 bridgehead atoms. The van der Waals surface area contributed by atoms with Gasteiger partial charge in [0.1, 0.15) is 18.2 Å². The van der Waals surface area contributed by atoms with Gasteiger partial charge in [0, 0.05) is 18.8 Å². The van der Waals surface area contributed by atoms with Crippen LogP contribution in [0.4, 0.5) is 10.5 Å². The summed E-state index contributed by atoms with van der Waals surface area (Å²) >= 11 is 0. The van der Waals surface area contributed by atoms with Crippen LogP contribution in [0, 0.1) is 0 Å². The lowest BCUT2D eigenvalue weighted by Gasteiger charge is -2.32. The molecule has 2 heterocycles. The largest absolute Gasteiger partial charge is 0.495 e. The van der Waals surface area contributed by atoms with Crippen molar-refractivity contribution in [3.63, 3.8) is 0 Å².